The van der Waals surface area contributed by atoms with E-state index in [-0.39, 0.29) is 18.6 Å². The number of nitrogens with zero attached hydrogens (tertiary/aromatic N) is 2. The number of aromatic amines is 1. The summed E-state index contributed by atoms with van der Waals surface area (Å²) in [6, 6.07) is 9.61. The number of H-pyrrole nitrogens is 1. The Morgan fingerprint density at radius 3 is 2.80 bits per heavy atom. The SMILES string of the molecule is Cc1cc(C[C@@H]2CN(Cc3ccc(OCC(N)=O)cc3)C[C@H]2O)n[nH]1. The molecule has 7 nitrogen and oxygen atoms in total. The summed E-state index contributed by atoms with van der Waals surface area (Å²) < 4.78 is 5.26. The van der Waals surface area contributed by atoms with Crippen LogP contribution < -0.4 is 10.5 Å². The zero-order valence-corrected chi connectivity index (χ0v) is 14.3. The molecular weight excluding hydrogens is 320 g/mol. The number of aryl methyl sites for hydroxylation is 1. The van der Waals surface area contributed by atoms with Crippen LogP contribution in [0.5, 0.6) is 5.75 Å². The minimum absolute atomic E-state index is 0.119. The molecule has 134 valence electrons. The van der Waals surface area contributed by atoms with Gasteiger partial charge in [0.2, 0.25) is 0 Å². The molecule has 2 atom stereocenters. The Hall–Kier alpha value is -2.38. The molecule has 2 heterocycles. The first-order valence-corrected chi connectivity index (χ1v) is 8.41. The first-order chi connectivity index (χ1) is 12.0. The molecule has 1 fully saturated rings. The van der Waals surface area contributed by atoms with Gasteiger partial charge in [-0.15, -0.1) is 0 Å². The second kappa shape index (κ2) is 7.67. The summed E-state index contributed by atoms with van der Waals surface area (Å²) in [5.41, 5.74) is 8.23. The molecule has 1 saturated heterocycles. The third-order valence-corrected chi connectivity index (χ3v) is 4.42. The molecule has 0 bridgehead atoms. The van der Waals surface area contributed by atoms with E-state index >= 15 is 0 Å². The molecule has 4 N–H and O–H groups in total. The topological polar surface area (TPSA) is 104 Å². The average Bonchev–Trinajstić information content (AvgIpc) is 3.13. The van der Waals surface area contributed by atoms with Crippen LogP contribution in [0.4, 0.5) is 0 Å². The van der Waals surface area contributed by atoms with Crippen molar-refractivity contribution in [1.29, 1.82) is 0 Å². The number of rotatable bonds is 7. The lowest BCUT2D eigenvalue weighted by Gasteiger charge is -2.15. The van der Waals surface area contributed by atoms with E-state index in [2.05, 4.69) is 15.1 Å². The number of benzene rings is 1. The summed E-state index contributed by atoms with van der Waals surface area (Å²) in [4.78, 5) is 13.0. The average molecular weight is 344 g/mol. The summed E-state index contributed by atoms with van der Waals surface area (Å²) in [6.07, 6.45) is 0.442. The van der Waals surface area contributed by atoms with Crippen molar-refractivity contribution < 1.29 is 14.6 Å². The van der Waals surface area contributed by atoms with Crippen LogP contribution in [0.3, 0.4) is 0 Å². The van der Waals surface area contributed by atoms with Crippen LogP contribution in [-0.2, 0) is 17.8 Å². The van der Waals surface area contributed by atoms with Crippen LogP contribution in [0.2, 0.25) is 0 Å². The molecule has 1 aliphatic heterocycles. The van der Waals surface area contributed by atoms with Crippen molar-refractivity contribution in [2.24, 2.45) is 11.7 Å². The van der Waals surface area contributed by atoms with Crippen LogP contribution >= 0.6 is 0 Å². The summed E-state index contributed by atoms with van der Waals surface area (Å²) in [7, 11) is 0. The molecule has 0 radical (unpaired) electrons. The van der Waals surface area contributed by atoms with E-state index in [4.69, 9.17) is 10.5 Å². The fraction of sp³-hybridized carbons (Fsp3) is 0.444. The lowest BCUT2D eigenvalue weighted by atomic mass is 10.0. The molecule has 0 aliphatic carbocycles. The zero-order valence-electron chi connectivity index (χ0n) is 14.3. The number of ether oxygens (including phenoxy) is 1. The van der Waals surface area contributed by atoms with Gasteiger partial charge in [-0.3, -0.25) is 14.8 Å². The van der Waals surface area contributed by atoms with E-state index in [1.54, 1.807) is 0 Å². The Labute approximate surface area is 146 Å². The minimum atomic E-state index is -0.492. The number of aliphatic hydroxyl groups excluding tert-OH is 1. The number of carbonyl (C=O) groups excluding carboxylic acids is 1. The fourth-order valence-electron chi connectivity index (χ4n) is 3.22. The molecule has 2 aromatic rings. The number of carbonyl (C=O) groups is 1. The van der Waals surface area contributed by atoms with Gasteiger partial charge >= 0.3 is 0 Å². The first kappa shape index (κ1) is 17.4. The number of β-amino-alcohol motifs (C(OH)–C–C–N with tert-alkyl or cyclic N) is 1. The summed E-state index contributed by atoms with van der Waals surface area (Å²) in [6.45, 7) is 4.13. The lowest BCUT2D eigenvalue weighted by Crippen LogP contribution is -2.21. The van der Waals surface area contributed by atoms with Crippen molar-refractivity contribution in [2.75, 3.05) is 19.7 Å². The number of primary amides is 1. The third-order valence-electron chi connectivity index (χ3n) is 4.42. The zero-order chi connectivity index (χ0) is 17.8. The Bertz CT molecular complexity index is 713. The molecular formula is C18H24N4O3. The fourth-order valence-corrected chi connectivity index (χ4v) is 3.22. The number of aliphatic hydroxyl groups is 1. The van der Waals surface area contributed by atoms with Crippen molar-refractivity contribution in [3.05, 3.63) is 47.3 Å². The van der Waals surface area contributed by atoms with Crippen molar-refractivity contribution >= 4 is 5.91 Å². The Balaban J connectivity index is 1.52. The third kappa shape index (κ3) is 4.80. The van der Waals surface area contributed by atoms with Crippen LogP contribution in [0.1, 0.15) is 17.0 Å². The molecule has 1 aliphatic rings. The standard InChI is InChI=1S/C18H24N4O3/c1-12-6-15(21-20-12)7-14-9-22(10-17(14)23)8-13-2-4-16(5-3-13)25-11-18(19)24/h2-6,14,17,23H,7-11H2,1H3,(H2,19,24)(H,20,21)/t14-,17-/m1/s1. The van der Waals surface area contributed by atoms with Gasteiger partial charge in [0.1, 0.15) is 5.75 Å². The van der Waals surface area contributed by atoms with Gasteiger partial charge in [-0.05, 0) is 37.1 Å². The lowest BCUT2D eigenvalue weighted by molar-refractivity contribution is -0.119. The Morgan fingerprint density at radius 2 is 2.16 bits per heavy atom. The van der Waals surface area contributed by atoms with Crippen molar-refractivity contribution in [3.8, 4) is 5.75 Å². The Morgan fingerprint density at radius 1 is 1.40 bits per heavy atom. The van der Waals surface area contributed by atoms with Crippen molar-refractivity contribution in [2.45, 2.75) is 26.0 Å². The van der Waals surface area contributed by atoms with E-state index in [1.807, 2.05) is 37.3 Å². The molecule has 0 unspecified atom stereocenters. The molecule has 0 spiro atoms. The van der Waals surface area contributed by atoms with Gasteiger partial charge in [-0.1, -0.05) is 12.1 Å². The number of hydrogen-bond donors (Lipinski definition) is 3. The number of likely N-dealkylation sites (tertiary alicyclic amines) is 1. The Kier molecular flexibility index (Phi) is 5.35. The number of amides is 1. The second-order valence-corrected chi connectivity index (χ2v) is 6.67. The maximum Gasteiger partial charge on any atom is 0.255 e. The van der Waals surface area contributed by atoms with Gasteiger partial charge in [0.25, 0.3) is 5.91 Å². The van der Waals surface area contributed by atoms with Gasteiger partial charge in [-0.25, -0.2) is 0 Å². The molecule has 1 aromatic heterocycles. The van der Waals surface area contributed by atoms with Crippen LogP contribution in [0.25, 0.3) is 0 Å². The number of aromatic nitrogens is 2. The monoisotopic (exact) mass is 344 g/mol. The molecule has 1 amide bonds. The highest BCUT2D eigenvalue weighted by molar-refractivity contribution is 5.75. The molecule has 7 heteroatoms. The highest BCUT2D eigenvalue weighted by Gasteiger charge is 2.31. The van der Waals surface area contributed by atoms with E-state index in [0.717, 1.165) is 36.5 Å². The largest absolute Gasteiger partial charge is 0.484 e. The van der Waals surface area contributed by atoms with Gasteiger partial charge in [0.05, 0.1) is 11.8 Å². The van der Waals surface area contributed by atoms with Crippen LogP contribution in [-0.4, -0.2) is 51.9 Å². The summed E-state index contributed by atoms with van der Waals surface area (Å²) in [5, 5.41) is 17.5. The van der Waals surface area contributed by atoms with E-state index in [9.17, 15) is 9.90 Å². The molecule has 25 heavy (non-hydrogen) atoms. The van der Waals surface area contributed by atoms with E-state index in [1.165, 1.54) is 0 Å². The predicted molar refractivity (Wildman–Crippen MR) is 92.9 cm³/mol. The quantitative estimate of drug-likeness (QED) is 0.683. The maximum atomic E-state index is 10.7. The van der Waals surface area contributed by atoms with Gasteiger partial charge < -0.3 is 15.6 Å². The van der Waals surface area contributed by atoms with Gasteiger partial charge in [0.15, 0.2) is 6.61 Å². The second-order valence-electron chi connectivity index (χ2n) is 6.67. The van der Waals surface area contributed by atoms with Gasteiger partial charge in [-0.2, -0.15) is 5.10 Å². The van der Waals surface area contributed by atoms with Crippen molar-refractivity contribution in [1.82, 2.24) is 15.1 Å². The number of nitrogens with two attached hydrogens (primary N) is 1. The molecule has 3 rings (SSSR count). The normalized spacial score (nSPS) is 20.7. The smallest absolute Gasteiger partial charge is 0.255 e. The van der Waals surface area contributed by atoms with E-state index in [0.29, 0.717) is 12.3 Å². The van der Waals surface area contributed by atoms with E-state index < -0.39 is 5.91 Å². The van der Waals surface area contributed by atoms with Crippen LogP contribution in [0, 0.1) is 12.8 Å². The summed E-state index contributed by atoms with van der Waals surface area (Å²) in [5.74, 6) is 0.324. The summed E-state index contributed by atoms with van der Waals surface area (Å²) >= 11 is 0. The van der Waals surface area contributed by atoms with Gasteiger partial charge in [0, 0.05) is 31.2 Å². The maximum absolute atomic E-state index is 10.7. The van der Waals surface area contributed by atoms with Crippen LogP contribution in [0.15, 0.2) is 30.3 Å². The minimum Gasteiger partial charge on any atom is -0.484 e. The number of nitrogens with one attached hydrogen (secondary N) is 1. The highest BCUT2D eigenvalue weighted by atomic mass is 16.5. The van der Waals surface area contributed by atoms with Crippen molar-refractivity contribution in [3.63, 3.8) is 0 Å². The number of hydrogen-bond acceptors (Lipinski definition) is 5. The molecule has 0 saturated carbocycles. The first-order valence-electron chi connectivity index (χ1n) is 8.41. The predicted octanol–water partition coefficient (Wildman–Crippen LogP) is 0.618. The highest BCUT2D eigenvalue weighted by Crippen LogP contribution is 2.23. The molecule has 1 aromatic carbocycles.